The van der Waals surface area contributed by atoms with E-state index < -0.39 is 0 Å². The second-order valence-electron chi connectivity index (χ2n) is 8.55. The van der Waals surface area contributed by atoms with Crippen molar-refractivity contribution in [1.29, 1.82) is 0 Å². The van der Waals surface area contributed by atoms with Crippen LogP contribution in [0.3, 0.4) is 0 Å². The van der Waals surface area contributed by atoms with E-state index in [1.165, 1.54) is 25.1 Å². The molecule has 1 N–H and O–H groups in total. The zero-order valence-corrected chi connectivity index (χ0v) is 16.7. The first kappa shape index (κ1) is 19.4. The molecule has 3 rings (SSSR count). The Labute approximate surface area is 158 Å². The average molecular weight is 358 g/mol. The molecule has 4 nitrogen and oxygen atoms in total. The topological polar surface area (TPSA) is 35.6 Å². The Morgan fingerprint density at radius 1 is 1.27 bits per heavy atom. The van der Waals surface area contributed by atoms with Crippen LogP contribution in [0.15, 0.2) is 30.3 Å². The summed E-state index contributed by atoms with van der Waals surface area (Å²) in [7, 11) is 1.92. The molecule has 0 saturated carbocycles. The van der Waals surface area contributed by atoms with E-state index in [1.54, 1.807) is 0 Å². The summed E-state index contributed by atoms with van der Waals surface area (Å²) in [5.41, 5.74) is 1.42. The number of benzene rings is 1. The molecule has 2 saturated heterocycles. The fourth-order valence-electron chi connectivity index (χ4n) is 4.52. The summed E-state index contributed by atoms with van der Waals surface area (Å²) >= 11 is 0. The molecular formula is C22H35N3O. The van der Waals surface area contributed by atoms with Crippen LogP contribution in [-0.4, -0.2) is 54.5 Å². The van der Waals surface area contributed by atoms with Crippen LogP contribution in [0.2, 0.25) is 0 Å². The highest BCUT2D eigenvalue weighted by atomic mass is 16.2. The maximum Gasteiger partial charge on any atom is 0.222 e. The van der Waals surface area contributed by atoms with E-state index in [0.29, 0.717) is 18.5 Å². The first-order valence-electron chi connectivity index (χ1n) is 10.3. The third-order valence-corrected chi connectivity index (χ3v) is 6.21. The summed E-state index contributed by atoms with van der Waals surface area (Å²) < 4.78 is 0. The van der Waals surface area contributed by atoms with Gasteiger partial charge in [-0.2, -0.15) is 0 Å². The van der Waals surface area contributed by atoms with Gasteiger partial charge in [-0.15, -0.1) is 0 Å². The van der Waals surface area contributed by atoms with Gasteiger partial charge in [0.05, 0.1) is 0 Å². The number of nitrogens with zero attached hydrogens (tertiary/aromatic N) is 2. The Morgan fingerprint density at radius 2 is 2.04 bits per heavy atom. The lowest BCUT2D eigenvalue weighted by molar-refractivity contribution is -0.131. The predicted octanol–water partition coefficient (Wildman–Crippen LogP) is 3.13. The Morgan fingerprint density at radius 3 is 2.77 bits per heavy atom. The molecule has 2 aliphatic rings. The van der Waals surface area contributed by atoms with Crippen LogP contribution in [0.25, 0.3) is 0 Å². The lowest BCUT2D eigenvalue weighted by Crippen LogP contribution is -2.55. The molecule has 0 aromatic heterocycles. The van der Waals surface area contributed by atoms with E-state index in [0.717, 1.165) is 37.8 Å². The molecule has 26 heavy (non-hydrogen) atoms. The van der Waals surface area contributed by atoms with Crippen LogP contribution in [0.5, 0.6) is 0 Å². The van der Waals surface area contributed by atoms with Crippen molar-refractivity contribution < 1.29 is 4.79 Å². The quantitative estimate of drug-likeness (QED) is 0.814. The van der Waals surface area contributed by atoms with Gasteiger partial charge in [0.1, 0.15) is 0 Å². The molecular weight excluding hydrogens is 322 g/mol. The van der Waals surface area contributed by atoms with Gasteiger partial charge in [0.2, 0.25) is 5.91 Å². The van der Waals surface area contributed by atoms with E-state index in [-0.39, 0.29) is 5.91 Å². The Kier molecular flexibility index (Phi) is 6.71. The Hall–Kier alpha value is -1.39. The van der Waals surface area contributed by atoms with Crippen LogP contribution < -0.4 is 5.32 Å². The van der Waals surface area contributed by atoms with Gasteiger partial charge in [-0.1, -0.05) is 30.3 Å². The number of likely N-dealkylation sites (tertiary alicyclic amines) is 1. The van der Waals surface area contributed by atoms with Crippen LogP contribution in [0, 0.1) is 11.8 Å². The zero-order chi connectivity index (χ0) is 18.5. The molecule has 2 heterocycles. The van der Waals surface area contributed by atoms with Crippen molar-refractivity contribution in [1.82, 2.24) is 15.1 Å². The SMILES string of the molecule is CC(C)N(C)C(=O)CCC[C@H]1NCC2CC1CN(Cc1ccccc1)C2. The number of fused-ring (bicyclic) bond motifs is 2. The largest absolute Gasteiger partial charge is 0.343 e. The van der Waals surface area contributed by atoms with Gasteiger partial charge >= 0.3 is 0 Å². The van der Waals surface area contributed by atoms with Crippen molar-refractivity contribution >= 4 is 5.91 Å². The summed E-state index contributed by atoms with van der Waals surface area (Å²) in [6.07, 6.45) is 4.14. The molecule has 0 radical (unpaired) electrons. The molecule has 2 unspecified atom stereocenters. The van der Waals surface area contributed by atoms with Gasteiger partial charge in [-0.25, -0.2) is 0 Å². The monoisotopic (exact) mass is 357 g/mol. The molecule has 2 bridgehead atoms. The molecule has 3 atom stereocenters. The number of hydrogen-bond acceptors (Lipinski definition) is 3. The normalized spacial score (nSPS) is 26.1. The number of piperidine rings is 2. The first-order valence-corrected chi connectivity index (χ1v) is 10.3. The second-order valence-corrected chi connectivity index (χ2v) is 8.55. The zero-order valence-electron chi connectivity index (χ0n) is 16.7. The lowest BCUT2D eigenvalue weighted by Gasteiger charge is -2.46. The number of nitrogens with one attached hydrogen (secondary N) is 1. The molecule has 1 amide bonds. The van der Waals surface area contributed by atoms with Gasteiger partial charge in [-0.3, -0.25) is 9.69 Å². The molecule has 1 aromatic carbocycles. The van der Waals surface area contributed by atoms with Crippen LogP contribution in [0.4, 0.5) is 0 Å². The third-order valence-electron chi connectivity index (χ3n) is 6.21. The minimum Gasteiger partial charge on any atom is -0.343 e. The molecule has 4 heteroatoms. The molecule has 0 aliphatic carbocycles. The maximum absolute atomic E-state index is 12.2. The predicted molar refractivity (Wildman–Crippen MR) is 107 cm³/mol. The minimum atomic E-state index is 0.281. The van der Waals surface area contributed by atoms with Crippen LogP contribution >= 0.6 is 0 Å². The fraction of sp³-hybridized carbons (Fsp3) is 0.682. The number of carbonyl (C=O) groups excluding carboxylic acids is 1. The van der Waals surface area contributed by atoms with Crippen molar-refractivity contribution in [3.05, 3.63) is 35.9 Å². The number of rotatable bonds is 7. The molecule has 2 fully saturated rings. The van der Waals surface area contributed by atoms with Crippen molar-refractivity contribution in [3.63, 3.8) is 0 Å². The van der Waals surface area contributed by atoms with E-state index in [9.17, 15) is 4.79 Å². The number of carbonyl (C=O) groups is 1. The smallest absolute Gasteiger partial charge is 0.222 e. The Balaban J connectivity index is 1.47. The molecule has 144 valence electrons. The fourth-order valence-corrected chi connectivity index (χ4v) is 4.52. The molecule has 2 aliphatic heterocycles. The van der Waals surface area contributed by atoms with Gasteiger partial charge in [0.25, 0.3) is 0 Å². The summed E-state index contributed by atoms with van der Waals surface area (Å²) in [6, 6.07) is 11.7. The highest BCUT2D eigenvalue weighted by Gasteiger charge is 2.36. The van der Waals surface area contributed by atoms with Gasteiger partial charge in [0, 0.05) is 45.2 Å². The van der Waals surface area contributed by atoms with Gasteiger partial charge in [-0.05, 0) is 57.1 Å². The minimum absolute atomic E-state index is 0.281. The lowest BCUT2D eigenvalue weighted by atomic mass is 9.79. The Bertz CT molecular complexity index is 574. The van der Waals surface area contributed by atoms with Crippen LogP contribution in [-0.2, 0) is 11.3 Å². The van der Waals surface area contributed by atoms with Crippen molar-refractivity contribution in [2.24, 2.45) is 11.8 Å². The van der Waals surface area contributed by atoms with E-state index in [1.807, 2.05) is 11.9 Å². The maximum atomic E-state index is 12.2. The molecule has 0 spiro atoms. The summed E-state index contributed by atoms with van der Waals surface area (Å²) in [6.45, 7) is 8.74. The van der Waals surface area contributed by atoms with Crippen molar-refractivity contribution in [2.75, 3.05) is 26.7 Å². The summed E-state index contributed by atoms with van der Waals surface area (Å²) in [5, 5.41) is 3.78. The summed E-state index contributed by atoms with van der Waals surface area (Å²) in [4.78, 5) is 16.7. The number of hydrogen-bond donors (Lipinski definition) is 1. The highest BCUT2D eigenvalue weighted by molar-refractivity contribution is 5.76. The van der Waals surface area contributed by atoms with E-state index in [2.05, 4.69) is 54.4 Å². The second kappa shape index (κ2) is 9.01. The van der Waals surface area contributed by atoms with Gasteiger partial charge < -0.3 is 10.2 Å². The highest BCUT2D eigenvalue weighted by Crippen LogP contribution is 2.31. The first-order chi connectivity index (χ1) is 12.5. The standard InChI is InChI=1S/C22H35N3O/c1-17(2)24(3)22(26)11-7-10-21-20-12-19(13-23-21)15-25(16-20)14-18-8-5-4-6-9-18/h4-6,8-9,17,19-21,23H,7,10-16H2,1-3H3/t19?,20?,21-/m1/s1. The van der Waals surface area contributed by atoms with Gasteiger partial charge in [0.15, 0.2) is 0 Å². The van der Waals surface area contributed by atoms with E-state index >= 15 is 0 Å². The summed E-state index contributed by atoms with van der Waals surface area (Å²) in [5.74, 6) is 1.79. The average Bonchev–Trinajstić information content (AvgIpc) is 2.63. The van der Waals surface area contributed by atoms with Crippen LogP contribution in [0.1, 0.15) is 45.1 Å². The van der Waals surface area contributed by atoms with Crippen molar-refractivity contribution in [3.8, 4) is 0 Å². The van der Waals surface area contributed by atoms with Crippen molar-refractivity contribution in [2.45, 2.75) is 58.2 Å². The molecule has 1 aromatic rings. The van der Waals surface area contributed by atoms with E-state index in [4.69, 9.17) is 0 Å². The third kappa shape index (κ3) is 5.08. The number of amides is 1.